The molecule has 13 heavy (non-hydrogen) atoms. The highest BCUT2D eigenvalue weighted by atomic mass is 79.9. The Morgan fingerprint density at radius 3 is 2.85 bits per heavy atom. The summed E-state index contributed by atoms with van der Waals surface area (Å²) in [6.07, 6.45) is 1.09. The van der Waals surface area contributed by atoms with Crippen molar-refractivity contribution in [1.29, 1.82) is 0 Å². The standard InChI is InChI=1S/C11H16BrN/c1-3-13-9(2)7-10-5-4-6-11(12)8-10/h4-6,8-9,13H,3,7H2,1-2H3. The second-order valence-electron chi connectivity index (χ2n) is 3.29. The van der Waals surface area contributed by atoms with E-state index in [9.17, 15) is 0 Å². The van der Waals surface area contributed by atoms with Crippen molar-refractivity contribution in [1.82, 2.24) is 5.32 Å². The molecule has 0 spiro atoms. The van der Waals surface area contributed by atoms with Crippen LogP contribution in [0, 0.1) is 0 Å². The summed E-state index contributed by atoms with van der Waals surface area (Å²) in [5.41, 5.74) is 1.38. The lowest BCUT2D eigenvalue weighted by atomic mass is 10.1. The third-order valence-corrected chi connectivity index (χ3v) is 2.48. The first-order chi connectivity index (χ1) is 6.22. The highest BCUT2D eigenvalue weighted by Crippen LogP contribution is 2.12. The molecule has 1 N–H and O–H groups in total. The summed E-state index contributed by atoms with van der Waals surface area (Å²) in [7, 11) is 0. The van der Waals surface area contributed by atoms with Crippen molar-refractivity contribution in [2.45, 2.75) is 26.3 Å². The van der Waals surface area contributed by atoms with Gasteiger partial charge in [0.1, 0.15) is 0 Å². The molecule has 0 aliphatic rings. The Balaban J connectivity index is 2.53. The SMILES string of the molecule is CCNC(C)Cc1cccc(Br)c1. The van der Waals surface area contributed by atoms with E-state index in [0.717, 1.165) is 17.4 Å². The molecule has 0 heterocycles. The molecule has 1 unspecified atom stereocenters. The second-order valence-corrected chi connectivity index (χ2v) is 4.21. The Hall–Kier alpha value is -0.340. The lowest BCUT2D eigenvalue weighted by molar-refractivity contribution is 0.565. The molecule has 72 valence electrons. The quantitative estimate of drug-likeness (QED) is 0.855. The van der Waals surface area contributed by atoms with Crippen molar-refractivity contribution in [3.63, 3.8) is 0 Å². The van der Waals surface area contributed by atoms with Crippen LogP contribution in [0.3, 0.4) is 0 Å². The maximum Gasteiger partial charge on any atom is 0.0178 e. The van der Waals surface area contributed by atoms with Gasteiger partial charge in [-0.15, -0.1) is 0 Å². The summed E-state index contributed by atoms with van der Waals surface area (Å²) < 4.78 is 1.16. The van der Waals surface area contributed by atoms with E-state index in [1.165, 1.54) is 5.56 Å². The van der Waals surface area contributed by atoms with Crippen molar-refractivity contribution in [2.24, 2.45) is 0 Å². The van der Waals surface area contributed by atoms with Crippen molar-refractivity contribution in [3.05, 3.63) is 34.3 Å². The molecule has 1 aromatic carbocycles. The van der Waals surface area contributed by atoms with Gasteiger partial charge in [-0.3, -0.25) is 0 Å². The number of likely N-dealkylation sites (N-methyl/N-ethyl adjacent to an activating group) is 1. The average molecular weight is 242 g/mol. The van der Waals surface area contributed by atoms with Gasteiger partial charge in [0.05, 0.1) is 0 Å². The van der Waals surface area contributed by atoms with Gasteiger partial charge in [-0.25, -0.2) is 0 Å². The molecule has 0 aromatic heterocycles. The highest BCUT2D eigenvalue weighted by molar-refractivity contribution is 9.10. The van der Waals surface area contributed by atoms with Gasteiger partial charge < -0.3 is 5.32 Å². The minimum Gasteiger partial charge on any atom is -0.314 e. The minimum atomic E-state index is 0.555. The normalized spacial score (nSPS) is 12.8. The minimum absolute atomic E-state index is 0.555. The van der Waals surface area contributed by atoms with Gasteiger partial charge >= 0.3 is 0 Å². The van der Waals surface area contributed by atoms with Crippen LogP contribution in [0.2, 0.25) is 0 Å². The zero-order valence-electron chi connectivity index (χ0n) is 8.18. The largest absolute Gasteiger partial charge is 0.314 e. The summed E-state index contributed by atoms with van der Waals surface area (Å²) in [5, 5.41) is 3.40. The van der Waals surface area contributed by atoms with E-state index in [1.54, 1.807) is 0 Å². The number of hydrogen-bond donors (Lipinski definition) is 1. The maximum absolute atomic E-state index is 3.47. The third-order valence-electron chi connectivity index (χ3n) is 1.98. The molecule has 1 nitrogen and oxygen atoms in total. The number of benzene rings is 1. The lowest BCUT2D eigenvalue weighted by Gasteiger charge is -2.11. The van der Waals surface area contributed by atoms with Crippen LogP contribution in [0.5, 0.6) is 0 Å². The molecule has 2 heteroatoms. The fraction of sp³-hybridized carbons (Fsp3) is 0.455. The molecule has 1 aromatic rings. The fourth-order valence-corrected chi connectivity index (χ4v) is 1.88. The fourth-order valence-electron chi connectivity index (χ4n) is 1.44. The van der Waals surface area contributed by atoms with Crippen LogP contribution in [0.25, 0.3) is 0 Å². The number of hydrogen-bond acceptors (Lipinski definition) is 1. The predicted molar refractivity (Wildman–Crippen MR) is 61.0 cm³/mol. The van der Waals surface area contributed by atoms with E-state index in [0.29, 0.717) is 6.04 Å². The van der Waals surface area contributed by atoms with Crippen LogP contribution in [0.4, 0.5) is 0 Å². The topological polar surface area (TPSA) is 12.0 Å². The number of rotatable bonds is 4. The second kappa shape index (κ2) is 5.40. The Kier molecular flexibility index (Phi) is 4.46. The van der Waals surface area contributed by atoms with Crippen molar-refractivity contribution in [2.75, 3.05) is 6.54 Å². The molecule has 0 saturated carbocycles. The van der Waals surface area contributed by atoms with E-state index in [-0.39, 0.29) is 0 Å². The van der Waals surface area contributed by atoms with Gasteiger partial charge in [0.2, 0.25) is 0 Å². The third kappa shape index (κ3) is 3.92. The molecule has 0 bridgehead atoms. The number of nitrogens with one attached hydrogen (secondary N) is 1. The predicted octanol–water partition coefficient (Wildman–Crippen LogP) is 2.99. The average Bonchev–Trinajstić information content (AvgIpc) is 2.04. The molecular formula is C11H16BrN. The van der Waals surface area contributed by atoms with Gasteiger partial charge in [-0.1, -0.05) is 35.0 Å². The first-order valence-corrected chi connectivity index (χ1v) is 5.49. The van der Waals surface area contributed by atoms with Crippen LogP contribution in [-0.2, 0) is 6.42 Å². The molecule has 0 radical (unpaired) electrons. The van der Waals surface area contributed by atoms with Gasteiger partial charge in [-0.2, -0.15) is 0 Å². The summed E-state index contributed by atoms with van der Waals surface area (Å²) in [4.78, 5) is 0. The molecule has 1 rings (SSSR count). The highest BCUT2D eigenvalue weighted by Gasteiger charge is 2.01. The Morgan fingerprint density at radius 1 is 1.46 bits per heavy atom. The van der Waals surface area contributed by atoms with E-state index in [2.05, 4.69) is 59.4 Å². The molecule has 0 fully saturated rings. The van der Waals surface area contributed by atoms with Crippen LogP contribution < -0.4 is 5.32 Å². The first-order valence-electron chi connectivity index (χ1n) is 4.70. The molecule has 0 saturated heterocycles. The number of halogens is 1. The lowest BCUT2D eigenvalue weighted by Crippen LogP contribution is -2.27. The molecular weight excluding hydrogens is 226 g/mol. The van der Waals surface area contributed by atoms with Crippen molar-refractivity contribution >= 4 is 15.9 Å². The van der Waals surface area contributed by atoms with E-state index < -0.39 is 0 Å². The molecule has 0 amide bonds. The molecule has 0 aliphatic heterocycles. The first kappa shape index (κ1) is 10.7. The Morgan fingerprint density at radius 2 is 2.23 bits per heavy atom. The van der Waals surface area contributed by atoms with Crippen LogP contribution in [-0.4, -0.2) is 12.6 Å². The van der Waals surface area contributed by atoms with Gasteiger partial charge in [-0.05, 0) is 37.6 Å². The zero-order valence-corrected chi connectivity index (χ0v) is 9.76. The molecule has 0 aliphatic carbocycles. The van der Waals surface area contributed by atoms with Gasteiger partial charge in [0.25, 0.3) is 0 Å². The summed E-state index contributed by atoms with van der Waals surface area (Å²) in [6, 6.07) is 9.03. The smallest absolute Gasteiger partial charge is 0.0178 e. The summed E-state index contributed by atoms with van der Waals surface area (Å²) >= 11 is 3.47. The Labute approximate surface area is 88.7 Å². The van der Waals surface area contributed by atoms with E-state index >= 15 is 0 Å². The zero-order chi connectivity index (χ0) is 9.68. The van der Waals surface area contributed by atoms with Gasteiger partial charge in [0.15, 0.2) is 0 Å². The van der Waals surface area contributed by atoms with Crippen LogP contribution in [0.1, 0.15) is 19.4 Å². The van der Waals surface area contributed by atoms with Gasteiger partial charge in [0, 0.05) is 10.5 Å². The Bertz CT molecular complexity index is 260. The van der Waals surface area contributed by atoms with Crippen molar-refractivity contribution in [3.8, 4) is 0 Å². The maximum atomic E-state index is 3.47. The summed E-state index contributed by atoms with van der Waals surface area (Å²) in [6.45, 7) is 5.39. The molecule has 1 atom stereocenters. The monoisotopic (exact) mass is 241 g/mol. The van der Waals surface area contributed by atoms with E-state index in [1.807, 2.05) is 0 Å². The van der Waals surface area contributed by atoms with Crippen LogP contribution >= 0.6 is 15.9 Å². The van der Waals surface area contributed by atoms with Crippen molar-refractivity contribution < 1.29 is 0 Å². The van der Waals surface area contributed by atoms with E-state index in [4.69, 9.17) is 0 Å². The van der Waals surface area contributed by atoms with Crippen LogP contribution in [0.15, 0.2) is 28.7 Å². The summed E-state index contributed by atoms with van der Waals surface area (Å²) in [5.74, 6) is 0.